The highest BCUT2D eigenvalue weighted by Gasteiger charge is 2.07. The lowest BCUT2D eigenvalue weighted by atomic mass is 10.2. The Kier molecular flexibility index (Phi) is 6.75. The van der Waals surface area contributed by atoms with Crippen molar-refractivity contribution in [2.45, 2.75) is 53.8 Å². The maximum Gasteiger partial charge on any atom is 0.0825 e. The van der Waals surface area contributed by atoms with E-state index >= 15 is 0 Å². The van der Waals surface area contributed by atoms with Crippen LogP contribution in [0.1, 0.15) is 38.6 Å². The van der Waals surface area contributed by atoms with Gasteiger partial charge in [0.25, 0.3) is 0 Å². The van der Waals surface area contributed by atoms with Crippen LogP contribution in [0.15, 0.2) is 18.5 Å². The molecule has 2 aromatic rings. The number of aryl methyl sites for hydroxylation is 2. The van der Waals surface area contributed by atoms with Gasteiger partial charge >= 0.3 is 0 Å². The fourth-order valence-electron chi connectivity index (χ4n) is 2.27. The number of aromatic nitrogens is 4. The summed E-state index contributed by atoms with van der Waals surface area (Å²) >= 11 is 0. The summed E-state index contributed by atoms with van der Waals surface area (Å²) in [6.07, 6.45) is 5.05. The fourth-order valence-corrected chi connectivity index (χ4v) is 2.27. The molecule has 2 rings (SSSR count). The van der Waals surface area contributed by atoms with Gasteiger partial charge in [-0.25, -0.2) is 0 Å². The quantitative estimate of drug-likeness (QED) is 0.851. The molecule has 0 unspecified atom stereocenters. The first-order valence-corrected chi connectivity index (χ1v) is 7.38. The maximum absolute atomic E-state index is 4.54. The Balaban J connectivity index is 0.00000220. The van der Waals surface area contributed by atoms with E-state index in [2.05, 4.69) is 53.2 Å². The highest BCUT2D eigenvalue weighted by Crippen LogP contribution is 2.15. The average Bonchev–Trinajstić information content (AvgIpc) is 2.94. The summed E-state index contributed by atoms with van der Waals surface area (Å²) in [7, 11) is 0. The van der Waals surface area contributed by atoms with Gasteiger partial charge in [-0.05, 0) is 25.3 Å². The third-order valence-corrected chi connectivity index (χ3v) is 3.20. The van der Waals surface area contributed by atoms with Gasteiger partial charge in [0.2, 0.25) is 0 Å². The minimum atomic E-state index is 0. The van der Waals surface area contributed by atoms with Crippen LogP contribution in [0.3, 0.4) is 0 Å². The number of anilines is 1. The molecule has 0 aromatic carbocycles. The summed E-state index contributed by atoms with van der Waals surface area (Å²) in [4.78, 5) is 0. The zero-order valence-electron chi connectivity index (χ0n) is 13.3. The topological polar surface area (TPSA) is 47.7 Å². The molecule has 2 aromatic heterocycles. The SMILES string of the molecule is CCCn1nccc1CNc1cn(CC(C)C)nc1C.Cl. The second-order valence-corrected chi connectivity index (χ2v) is 5.64. The lowest BCUT2D eigenvalue weighted by Gasteiger charge is -2.08. The maximum atomic E-state index is 4.54. The first-order chi connectivity index (χ1) is 9.60. The van der Waals surface area contributed by atoms with Crippen molar-refractivity contribution >= 4 is 18.1 Å². The van der Waals surface area contributed by atoms with Gasteiger partial charge in [-0.3, -0.25) is 9.36 Å². The van der Waals surface area contributed by atoms with Crippen molar-refractivity contribution in [1.29, 1.82) is 0 Å². The molecule has 1 N–H and O–H groups in total. The molecular formula is C15H26ClN5. The molecule has 0 aliphatic heterocycles. The van der Waals surface area contributed by atoms with Gasteiger partial charge in [0.1, 0.15) is 0 Å². The summed E-state index contributed by atoms with van der Waals surface area (Å²) < 4.78 is 4.08. The van der Waals surface area contributed by atoms with E-state index in [1.165, 1.54) is 5.69 Å². The molecule has 6 heteroatoms. The molecular weight excluding hydrogens is 286 g/mol. The van der Waals surface area contributed by atoms with Crippen molar-refractivity contribution in [3.8, 4) is 0 Å². The first-order valence-electron chi connectivity index (χ1n) is 7.38. The molecule has 118 valence electrons. The molecule has 0 radical (unpaired) electrons. The second kappa shape index (κ2) is 8.08. The second-order valence-electron chi connectivity index (χ2n) is 5.64. The van der Waals surface area contributed by atoms with Gasteiger partial charge in [-0.1, -0.05) is 20.8 Å². The van der Waals surface area contributed by atoms with Gasteiger partial charge in [0, 0.05) is 25.5 Å². The number of hydrogen-bond acceptors (Lipinski definition) is 3. The third-order valence-electron chi connectivity index (χ3n) is 3.20. The molecule has 0 saturated heterocycles. The average molecular weight is 312 g/mol. The Morgan fingerprint density at radius 3 is 2.76 bits per heavy atom. The van der Waals surface area contributed by atoms with Crippen LogP contribution in [0.2, 0.25) is 0 Å². The summed E-state index contributed by atoms with van der Waals surface area (Å²) in [5.41, 5.74) is 3.37. The van der Waals surface area contributed by atoms with E-state index in [-0.39, 0.29) is 12.4 Å². The van der Waals surface area contributed by atoms with E-state index in [1.807, 2.05) is 17.8 Å². The lowest BCUT2D eigenvalue weighted by Crippen LogP contribution is -2.09. The van der Waals surface area contributed by atoms with Crippen LogP contribution in [0.25, 0.3) is 0 Å². The van der Waals surface area contributed by atoms with E-state index in [9.17, 15) is 0 Å². The molecule has 21 heavy (non-hydrogen) atoms. The Morgan fingerprint density at radius 2 is 2.10 bits per heavy atom. The summed E-state index contributed by atoms with van der Waals surface area (Å²) in [5, 5.41) is 12.3. The standard InChI is InChI=1S/C15H25N5.ClH/c1-5-8-20-14(6-7-17-20)9-16-15-11-19(10-12(2)3)18-13(15)4;/h6-7,11-12,16H,5,8-10H2,1-4H3;1H. The minimum absolute atomic E-state index is 0. The van der Waals surface area contributed by atoms with E-state index in [1.54, 1.807) is 0 Å². The summed E-state index contributed by atoms with van der Waals surface area (Å²) in [6, 6.07) is 2.07. The van der Waals surface area contributed by atoms with Crippen LogP contribution in [0, 0.1) is 12.8 Å². The van der Waals surface area contributed by atoms with E-state index < -0.39 is 0 Å². The van der Waals surface area contributed by atoms with Crippen LogP contribution in [0.5, 0.6) is 0 Å². The number of hydrogen-bond donors (Lipinski definition) is 1. The predicted octanol–water partition coefficient (Wildman–Crippen LogP) is 3.49. The van der Waals surface area contributed by atoms with Crippen molar-refractivity contribution in [2.75, 3.05) is 5.32 Å². The molecule has 0 fully saturated rings. The van der Waals surface area contributed by atoms with Crippen LogP contribution in [-0.4, -0.2) is 19.6 Å². The minimum Gasteiger partial charge on any atom is -0.377 e. The molecule has 2 heterocycles. The van der Waals surface area contributed by atoms with Crippen LogP contribution < -0.4 is 5.32 Å². The smallest absolute Gasteiger partial charge is 0.0825 e. The van der Waals surface area contributed by atoms with E-state index in [4.69, 9.17) is 0 Å². The van der Waals surface area contributed by atoms with Gasteiger partial charge in [-0.15, -0.1) is 12.4 Å². The van der Waals surface area contributed by atoms with E-state index in [0.717, 1.165) is 37.4 Å². The zero-order chi connectivity index (χ0) is 14.5. The van der Waals surface area contributed by atoms with Gasteiger partial charge < -0.3 is 5.32 Å². The number of nitrogens with zero attached hydrogens (tertiary/aromatic N) is 4. The first kappa shape index (κ1) is 17.6. The van der Waals surface area contributed by atoms with Crippen LogP contribution in [0.4, 0.5) is 5.69 Å². The fraction of sp³-hybridized carbons (Fsp3) is 0.600. The monoisotopic (exact) mass is 311 g/mol. The number of halogens is 1. The van der Waals surface area contributed by atoms with Gasteiger partial charge in [0.05, 0.1) is 23.6 Å². The Bertz CT molecular complexity index is 544. The van der Waals surface area contributed by atoms with E-state index in [0.29, 0.717) is 5.92 Å². The number of rotatable bonds is 7. The molecule has 0 aliphatic rings. The van der Waals surface area contributed by atoms with Crippen molar-refractivity contribution < 1.29 is 0 Å². The normalized spacial score (nSPS) is 10.7. The Hall–Kier alpha value is -1.49. The van der Waals surface area contributed by atoms with Gasteiger partial charge in [-0.2, -0.15) is 10.2 Å². The van der Waals surface area contributed by atoms with Crippen molar-refractivity contribution in [3.05, 3.63) is 29.8 Å². The summed E-state index contributed by atoms with van der Waals surface area (Å²) in [5.74, 6) is 0.605. The molecule has 5 nitrogen and oxygen atoms in total. The Labute approximate surface area is 133 Å². The molecule has 0 bridgehead atoms. The molecule has 0 atom stereocenters. The Morgan fingerprint density at radius 1 is 1.33 bits per heavy atom. The highest BCUT2D eigenvalue weighted by atomic mass is 35.5. The zero-order valence-corrected chi connectivity index (χ0v) is 14.2. The van der Waals surface area contributed by atoms with Crippen molar-refractivity contribution in [2.24, 2.45) is 5.92 Å². The van der Waals surface area contributed by atoms with Crippen molar-refractivity contribution in [3.63, 3.8) is 0 Å². The van der Waals surface area contributed by atoms with Crippen molar-refractivity contribution in [1.82, 2.24) is 19.6 Å². The summed E-state index contributed by atoms with van der Waals surface area (Å²) in [6.45, 7) is 11.3. The molecule has 0 saturated carbocycles. The third kappa shape index (κ3) is 4.77. The van der Waals surface area contributed by atoms with Crippen LogP contribution in [-0.2, 0) is 19.6 Å². The van der Waals surface area contributed by atoms with Crippen LogP contribution >= 0.6 is 12.4 Å². The predicted molar refractivity (Wildman–Crippen MR) is 88.9 cm³/mol. The number of nitrogens with one attached hydrogen (secondary N) is 1. The molecule has 0 spiro atoms. The largest absolute Gasteiger partial charge is 0.377 e. The lowest BCUT2D eigenvalue weighted by molar-refractivity contribution is 0.481. The molecule has 0 amide bonds. The van der Waals surface area contributed by atoms with Gasteiger partial charge in [0.15, 0.2) is 0 Å². The highest BCUT2D eigenvalue weighted by molar-refractivity contribution is 5.85. The molecule has 0 aliphatic carbocycles.